The van der Waals surface area contributed by atoms with Crippen LogP contribution in [0.4, 0.5) is 0 Å². The van der Waals surface area contributed by atoms with E-state index in [4.69, 9.17) is 4.74 Å². The van der Waals surface area contributed by atoms with Gasteiger partial charge in [0.05, 0.1) is 12.7 Å². The van der Waals surface area contributed by atoms with E-state index in [2.05, 4.69) is 12.0 Å². The summed E-state index contributed by atoms with van der Waals surface area (Å²) in [6.45, 7) is 3.05. The van der Waals surface area contributed by atoms with Crippen molar-refractivity contribution in [2.75, 3.05) is 13.2 Å². The lowest BCUT2D eigenvalue weighted by Gasteiger charge is -2.29. The Kier molecular flexibility index (Phi) is 3.30. The molecule has 4 heteroatoms. The van der Waals surface area contributed by atoms with E-state index in [0.717, 1.165) is 25.9 Å². The predicted molar refractivity (Wildman–Crippen MR) is 61.1 cm³/mol. The van der Waals surface area contributed by atoms with Gasteiger partial charge in [0.25, 0.3) is 0 Å². The largest absolute Gasteiger partial charge is 0.396 e. The maximum absolute atomic E-state index is 9.58. The summed E-state index contributed by atoms with van der Waals surface area (Å²) >= 11 is 0. The van der Waals surface area contributed by atoms with Crippen LogP contribution in [0.2, 0.25) is 0 Å². The van der Waals surface area contributed by atoms with Gasteiger partial charge in [0.15, 0.2) is 0 Å². The molecule has 90 valence electrons. The van der Waals surface area contributed by atoms with Crippen molar-refractivity contribution in [2.45, 2.75) is 32.3 Å². The first-order valence-corrected chi connectivity index (χ1v) is 5.87. The van der Waals surface area contributed by atoms with E-state index < -0.39 is 0 Å². The smallest absolute Gasteiger partial charge is 0.0626 e. The monoisotopic (exact) mass is 224 g/mol. The van der Waals surface area contributed by atoms with Crippen LogP contribution in [0, 0.1) is 5.41 Å². The van der Waals surface area contributed by atoms with Crippen LogP contribution in [0.3, 0.4) is 0 Å². The highest BCUT2D eigenvalue weighted by Crippen LogP contribution is 2.38. The Bertz CT molecular complexity index is 351. The molecule has 0 aliphatic carbocycles. The van der Waals surface area contributed by atoms with Gasteiger partial charge in [0.2, 0.25) is 0 Å². The van der Waals surface area contributed by atoms with Gasteiger partial charge in [-0.25, -0.2) is 0 Å². The van der Waals surface area contributed by atoms with Gasteiger partial charge in [-0.15, -0.1) is 0 Å². The molecule has 2 atom stereocenters. The van der Waals surface area contributed by atoms with Crippen molar-refractivity contribution < 1.29 is 9.84 Å². The van der Waals surface area contributed by atoms with Gasteiger partial charge in [0.1, 0.15) is 0 Å². The summed E-state index contributed by atoms with van der Waals surface area (Å²) in [5.74, 6) is 0. The molecule has 1 aromatic heterocycles. The Morgan fingerprint density at radius 1 is 1.69 bits per heavy atom. The van der Waals surface area contributed by atoms with Crippen LogP contribution in [-0.4, -0.2) is 34.2 Å². The molecule has 1 aromatic rings. The van der Waals surface area contributed by atoms with Crippen LogP contribution in [-0.2, 0) is 18.2 Å². The third-order valence-electron chi connectivity index (χ3n) is 3.95. The topological polar surface area (TPSA) is 47.3 Å². The summed E-state index contributed by atoms with van der Waals surface area (Å²) in [4.78, 5) is 0. The second-order valence-electron chi connectivity index (χ2n) is 4.73. The number of aryl methyl sites for hydroxylation is 2. The van der Waals surface area contributed by atoms with E-state index in [9.17, 15) is 5.11 Å². The van der Waals surface area contributed by atoms with Crippen molar-refractivity contribution in [3.05, 3.63) is 18.0 Å². The van der Waals surface area contributed by atoms with Crippen LogP contribution in [0.5, 0.6) is 0 Å². The van der Waals surface area contributed by atoms with Gasteiger partial charge in [-0.05, 0) is 32.3 Å². The van der Waals surface area contributed by atoms with Crippen molar-refractivity contribution in [1.29, 1.82) is 0 Å². The molecular formula is C12H20N2O2. The van der Waals surface area contributed by atoms with E-state index in [1.807, 2.05) is 24.0 Å². The van der Waals surface area contributed by atoms with Crippen LogP contribution >= 0.6 is 0 Å². The molecule has 1 saturated heterocycles. The summed E-state index contributed by atoms with van der Waals surface area (Å²) < 4.78 is 7.47. The first-order chi connectivity index (χ1) is 7.68. The normalized spacial score (nSPS) is 29.8. The molecular weight excluding hydrogens is 204 g/mol. The van der Waals surface area contributed by atoms with Crippen LogP contribution in [0.1, 0.15) is 25.5 Å². The van der Waals surface area contributed by atoms with Gasteiger partial charge in [-0.2, -0.15) is 5.10 Å². The molecule has 0 bridgehead atoms. The average Bonchev–Trinajstić information content (AvgIpc) is 2.84. The summed E-state index contributed by atoms with van der Waals surface area (Å²) in [6.07, 6.45) is 4.85. The van der Waals surface area contributed by atoms with E-state index in [1.165, 1.54) is 5.69 Å². The maximum Gasteiger partial charge on any atom is 0.0626 e. The molecule has 2 rings (SSSR count). The number of ether oxygens (including phenoxy) is 1. The quantitative estimate of drug-likeness (QED) is 0.834. The number of rotatable bonds is 4. The Labute approximate surface area is 96.2 Å². The Morgan fingerprint density at radius 2 is 2.50 bits per heavy atom. The lowest BCUT2D eigenvalue weighted by molar-refractivity contribution is 0.0217. The van der Waals surface area contributed by atoms with Gasteiger partial charge in [-0.1, -0.05) is 0 Å². The minimum Gasteiger partial charge on any atom is -0.396 e. The number of nitrogens with zero attached hydrogens (tertiary/aromatic N) is 2. The predicted octanol–water partition coefficient (Wildman–Crippen LogP) is 1.14. The Morgan fingerprint density at radius 3 is 3.00 bits per heavy atom. The summed E-state index contributed by atoms with van der Waals surface area (Å²) in [5, 5.41) is 13.7. The summed E-state index contributed by atoms with van der Waals surface area (Å²) in [7, 11) is 1.95. The summed E-state index contributed by atoms with van der Waals surface area (Å²) in [6, 6.07) is 2.03. The first-order valence-electron chi connectivity index (χ1n) is 5.87. The SMILES string of the molecule is CC1OCCC1(CO)CCc1ccnn1C. The van der Waals surface area contributed by atoms with Crippen LogP contribution in [0.15, 0.2) is 12.3 Å². The fraction of sp³-hybridized carbons (Fsp3) is 0.750. The Balaban J connectivity index is 2.00. The van der Waals surface area contributed by atoms with Crippen molar-refractivity contribution in [3.8, 4) is 0 Å². The van der Waals surface area contributed by atoms with Crippen LogP contribution in [0.25, 0.3) is 0 Å². The molecule has 1 aliphatic heterocycles. The molecule has 2 heterocycles. The molecule has 0 aromatic carbocycles. The molecule has 1 fully saturated rings. The molecule has 2 unspecified atom stereocenters. The highest BCUT2D eigenvalue weighted by Gasteiger charge is 2.40. The second-order valence-corrected chi connectivity index (χ2v) is 4.73. The third kappa shape index (κ3) is 1.99. The molecule has 0 spiro atoms. The van der Waals surface area contributed by atoms with Crippen molar-refractivity contribution in [2.24, 2.45) is 12.5 Å². The van der Waals surface area contributed by atoms with E-state index in [1.54, 1.807) is 0 Å². The number of aliphatic hydroxyl groups excluding tert-OH is 1. The lowest BCUT2D eigenvalue weighted by atomic mass is 9.78. The highest BCUT2D eigenvalue weighted by molar-refractivity contribution is 5.02. The number of aromatic nitrogens is 2. The highest BCUT2D eigenvalue weighted by atomic mass is 16.5. The number of hydrogen-bond acceptors (Lipinski definition) is 3. The maximum atomic E-state index is 9.58. The Hall–Kier alpha value is -0.870. The zero-order valence-corrected chi connectivity index (χ0v) is 10.0. The first kappa shape index (κ1) is 11.6. The van der Waals surface area contributed by atoms with Gasteiger partial charge >= 0.3 is 0 Å². The second kappa shape index (κ2) is 4.55. The third-order valence-corrected chi connectivity index (χ3v) is 3.95. The molecule has 0 saturated carbocycles. The van der Waals surface area contributed by atoms with E-state index >= 15 is 0 Å². The standard InChI is InChI=1S/C12H20N2O2/c1-10-12(9-15,6-8-16-10)5-3-11-4-7-13-14(11)2/h4,7,10,15H,3,5-6,8-9H2,1-2H3. The van der Waals surface area contributed by atoms with E-state index in [-0.39, 0.29) is 18.1 Å². The average molecular weight is 224 g/mol. The van der Waals surface area contributed by atoms with E-state index in [0.29, 0.717) is 0 Å². The van der Waals surface area contributed by atoms with Crippen molar-refractivity contribution >= 4 is 0 Å². The number of hydrogen-bond donors (Lipinski definition) is 1. The fourth-order valence-corrected chi connectivity index (χ4v) is 2.46. The zero-order chi connectivity index (χ0) is 11.6. The van der Waals surface area contributed by atoms with Gasteiger partial charge < -0.3 is 9.84 Å². The molecule has 0 radical (unpaired) electrons. The molecule has 4 nitrogen and oxygen atoms in total. The summed E-state index contributed by atoms with van der Waals surface area (Å²) in [5.41, 5.74) is 1.16. The van der Waals surface area contributed by atoms with Crippen molar-refractivity contribution in [1.82, 2.24) is 9.78 Å². The van der Waals surface area contributed by atoms with Gasteiger partial charge in [0, 0.05) is 31.0 Å². The molecule has 1 N–H and O–H groups in total. The lowest BCUT2D eigenvalue weighted by Crippen LogP contribution is -2.33. The molecule has 1 aliphatic rings. The fourth-order valence-electron chi connectivity index (χ4n) is 2.46. The minimum absolute atomic E-state index is 0.0513. The molecule has 0 amide bonds. The number of aliphatic hydroxyl groups is 1. The van der Waals surface area contributed by atoms with Crippen molar-refractivity contribution in [3.63, 3.8) is 0 Å². The zero-order valence-electron chi connectivity index (χ0n) is 10.0. The minimum atomic E-state index is -0.0513. The van der Waals surface area contributed by atoms with Gasteiger partial charge in [-0.3, -0.25) is 4.68 Å². The van der Waals surface area contributed by atoms with Crippen LogP contribution < -0.4 is 0 Å². The molecule has 16 heavy (non-hydrogen) atoms.